The first-order valence-electron chi connectivity index (χ1n) is 11.1. The van der Waals surface area contributed by atoms with Crippen LogP contribution in [-0.2, 0) is 10.0 Å². The molecule has 2 aliphatic rings. The van der Waals surface area contributed by atoms with E-state index < -0.39 is 38.9 Å². The number of ether oxygens (including phenoxy) is 1. The van der Waals surface area contributed by atoms with E-state index in [4.69, 9.17) is 4.74 Å². The number of halogens is 2. The second-order valence-corrected chi connectivity index (χ2v) is 11.2. The fourth-order valence-electron chi connectivity index (χ4n) is 4.17. The van der Waals surface area contributed by atoms with Crippen LogP contribution in [0.5, 0.6) is 5.75 Å². The van der Waals surface area contributed by atoms with Gasteiger partial charge in [0.2, 0.25) is 15.8 Å². The molecule has 11 heteroatoms. The van der Waals surface area contributed by atoms with Crippen molar-refractivity contribution in [3.63, 3.8) is 0 Å². The molecule has 2 fully saturated rings. The molecule has 33 heavy (non-hydrogen) atoms. The Morgan fingerprint density at radius 2 is 1.76 bits per heavy atom. The van der Waals surface area contributed by atoms with Crippen LogP contribution < -0.4 is 15.2 Å². The van der Waals surface area contributed by atoms with Gasteiger partial charge in [-0.15, -0.1) is 0 Å². The normalized spacial score (nSPS) is 22.2. The predicted molar refractivity (Wildman–Crippen MR) is 121 cm³/mol. The molecule has 1 saturated carbocycles. The number of hydrogen-bond donors (Lipinski definition) is 0. The molecule has 4 rings (SSSR count). The molecule has 180 valence electrons. The second-order valence-electron chi connectivity index (χ2n) is 8.68. The molecule has 1 aromatic carbocycles. The SMILES string of the molecule is CC(C)S(=O)(=O)N1CCN(c2cnn(-c3ccc(F)cc3)c(=O)c2OC2CCC(F)C2)CC1. The lowest BCUT2D eigenvalue weighted by Gasteiger charge is -2.36. The first kappa shape index (κ1) is 23.6. The summed E-state index contributed by atoms with van der Waals surface area (Å²) in [5.41, 5.74) is 0.293. The fraction of sp³-hybridized carbons (Fsp3) is 0.545. The van der Waals surface area contributed by atoms with Gasteiger partial charge in [0, 0.05) is 32.6 Å². The molecule has 1 aliphatic carbocycles. The van der Waals surface area contributed by atoms with E-state index in [1.807, 2.05) is 4.90 Å². The molecule has 2 unspecified atom stereocenters. The van der Waals surface area contributed by atoms with E-state index in [0.29, 0.717) is 37.3 Å². The average Bonchev–Trinajstić information content (AvgIpc) is 3.20. The number of benzene rings is 1. The highest BCUT2D eigenvalue weighted by Gasteiger charge is 2.33. The second kappa shape index (κ2) is 9.38. The van der Waals surface area contributed by atoms with Crippen LogP contribution >= 0.6 is 0 Å². The largest absolute Gasteiger partial charge is 0.483 e. The van der Waals surface area contributed by atoms with Crippen LogP contribution in [0.15, 0.2) is 35.3 Å². The molecule has 1 aromatic heterocycles. The average molecular weight is 483 g/mol. The third-order valence-electron chi connectivity index (χ3n) is 6.13. The van der Waals surface area contributed by atoms with Crippen molar-refractivity contribution < 1.29 is 21.9 Å². The van der Waals surface area contributed by atoms with Crippen molar-refractivity contribution >= 4 is 15.7 Å². The summed E-state index contributed by atoms with van der Waals surface area (Å²) in [7, 11) is -3.37. The molecular formula is C22H28F2N4O4S. The van der Waals surface area contributed by atoms with Gasteiger partial charge in [-0.05, 0) is 51.0 Å². The van der Waals surface area contributed by atoms with E-state index in [0.717, 1.165) is 4.68 Å². The summed E-state index contributed by atoms with van der Waals surface area (Å²) in [6.07, 6.45) is 1.18. The lowest BCUT2D eigenvalue weighted by molar-refractivity contribution is 0.193. The lowest BCUT2D eigenvalue weighted by Crippen LogP contribution is -2.50. The Hall–Kier alpha value is -2.53. The number of hydrogen-bond acceptors (Lipinski definition) is 6. The third kappa shape index (κ3) is 4.89. The number of rotatable bonds is 6. The van der Waals surface area contributed by atoms with E-state index in [-0.39, 0.29) is 25.3 Å². The van der Waals surface area contributed by atoms with Gasteiger partial charge in [-0.25, -0.2) is 17.2 Å². The van der Waals surface area contributed by atoms with E-state index in [2.05, 4.69) is 5.10 Å². The summed E-state index contributed by atoms with van der Waals surface area (Å²) >= 11 is 0. The summed E-state index contributed by atoms with van der Waals surface area (Å²) in [5, 5.41) is 3.74. The molecule has 8 nitrogen and oxygen atoms in total. The Kier molecular flexibility index (Phi) is 6.71. The zero-order valence-corrected chi connectivity index (χ0v) is 19.5. The van der Waals surface area contributed by atoms with Crippen LogP contribution in [0, 0.1) is 5.82 Å². The number of piperazine rings is 1. The molecule has 0 radical (unpaired) electrons. The van der Waals surface area contributed by atoms with Crippen molar-refractivity contribution in [2.75, 3.05) is 31.1 Å². The van der Waals surface area contributed by atoms with E-state index in [1.54, 1.807) is 13.8 Å². The Bertz CT molecular complexity index is 1150. The maximum Gasteiger partial charge on any atom is 0.316 e. The van der Waals surface area contributed by atoms with Gasteiger partial charge in [0.1, 0.15) is 23.8 Å². The van der Waals surface area contributed by atoms with Gasteiger partial charge in [-0.1, -0.05) is 0 Å². The van der Waals surface area contributed by atoms with Gasteiger partial charge < -0.3 is 9.64 Å². The molecule has 0 spiro atoms. The third-order valence-corrected chi connectivity index (χ3v) is 8.40. The van der Waals surface area contributed by atoms with Gasteiger partial charge in [0.15, 0.2) is 0 Å². The molecular weight excluding hydrogens is 454 g/mol. The lowest BCUT2D eigenvalue weighted by atomic mass is 10.2. The van der Waals surface area contributed by atoms with Gasteiger partial charge in [-0.2, -0.15) is 14.1 Å². The van der Waals surface area contributed by atoms with Crippen molar-refractivity contribution in [2.24, 2.45) is 0 Å². The Labute approximate surface area is 191 Å². The highest BCUT2D eigenvalue weighted by molar-refractivity contribution is 7.89. The van der Waals surface area contributed by atoms with Gasteiger partial charge in [-0.3, -0.25) is 4.79 Å². The number of aromatic nitrogens is 2. The number of sulfonamides is 1. The number of nitrogens with zero attached hydrogens (tertiary/aromatic N) is 4. The molecule has 2 heterocycles. The Balaban J connectivity index is 1.65. The summed E-state index contributed by atoms with van der Waals surface area (Å²) in [5.74, 6) is -0.386. The first-order chi connectivity index (χ1) is 15.7. The van der Waals surface area contributed by atoms with E-state index >= 15 is 0 Å². The van der Waals surface area contributed by atoms with E-state index in [9.17, 15) is 22.0 Å². The van der Waals surface area contributed by atoms with Crippen molar-refractivity contribution in [3.8, 4) is 11.4 Å². The van der Waals surface area contributed by atoms with Crippen molar-refractivity contribution in [1.82, 2.24) is 14.1 Å². The zero-order valence-electron chi connectivity index (χ0n) is 18.7. The summed E-state index contributed by atoms with van der Waals surface area (Å²) in [6.45, 7) is 4.56. The van der Waals surface area contributed by atoms with Gasteiger partial charge in [0.25, 0.3) is 0 Å². The molecule has 0 bridgehead atoms. The molecule has 1 saturated heterocycles. The number of anilines is 1. The standard InChI is InChI=1S/C22H28F2N4O4S/c1-15(2)33(30,31)27-11-9-26(10-12-27)20-14-25-28(18-6-3-16(23)4-7-18)22(29)21(20)32-19-8-5-17(24)13-19/h3-4,6-7,14-15,17,19H,5,8-13H2,1-2H3. The zero-order chi connectivity index (χ0) is 23.8. The minimum absolute atomic E-state index is 0.0496. The minimum atomic E-state index is -3.37. The van der Waals surface area contributed by atoms with Crippen molar-refractivity contribution in [2.45, 2.75) is 50.6 Å². The molecule has 0 N–H and O–H groups in total. The molecule has 0 amide bonds. The Morgan fingerprint density at radius 1 is 1.09 bits per heavy atom. The van der Waals surface area contributed by atoms with Crippen molar-refractivity contribution in [1.29, 1.82) is 0 Å². The fourth-order valence-corrected chi connectivity index (χ4v) is 5.44. The van der Waals surface area contributed by atoms with Crippen molar-refractivity contribution in [3.05, 3.63) is 46.6 Å². The van der Waals surface area contributed by atoms with E-state index in [1.165, 1.54) is 34.8 Å². The highest BCUT2D eigenvalue weighted by atomic mass is 32.2. The monoisotopic (exact) mass is 482 g/mol. The Morgan fingerprint density at radius 3 is 2.33 bits per heavy atom. The van der Waals surface area contributed by atoms with Crippen LogP contribution in [0.1, 0.15) is 33.1 Å². The maximum absolute atomic E-state index is 13.8. The summed E-state index contributed by atoms with van der Waals surface area (Å²) in [6, 6.07) is 5.35. The minimum Gasteiger partial charge on any atom is -0.483 e. The predicted octanol–water partition coefficient (Wildman–Crippen LogP) is 2.50. The van der Waals surface area contributed by atoms with Crippen LogP contribution in [0.3, 0.4) is 0 Å². The molecule has 1 aliphatic heterocycles. The number of alkyl halides is 1. The van der Waals surface area contributed by atoms with Gasteiger partial charge >= 0.3 is 5.56 Å². The summed E-state index contributed by atoms with van der Waals surface area (Å²) < 4.78 is 60.7. The van der Waals surface area contributed by atoms with Crippen LogP contribution in [0.4, 0.5) is 14.5 Å². The topological polar surface area (TPSA) is 84.7 Å². The summed E-state index contributed by atoms with van der Waals surface area (Å²) in [4.78, 5) is 15.2. The van der Waals surface area contributed by atoms with Crippen LogP contribution in [-0.4, -0.2) is 66.2 Å². The highest BCUT2D eigenvalue weighted by Crippen LogP contribution is 2.31. The molecule has 2 aromatic rings. The smallest absolute Gasteiger partial charge is 0.316 e. The first-order valence-corrected chi connectivity index (χ1v) is 12.6. The quantitative estimate of drug-likeness (QED) is 0.629. The van der Waals surface area contributed by atoms with Crippen LogP contribution in [0.25, 0.3) is 5.69 Å². The van der Waals surface area contributed by atoms with Crippen LogP contribution in [0.2, 0.25) is 0 Å². The van der Waals surface area contributed by atoms with Gasteiger partial charge in [0.05, 0.1) is 17.1 Å². The maximum atomic E-state index is 13.8. The molecule has 2 atom stereocenters.